The number of methoxy groups -OCH3 is 3. The molecule has 1 amide bonds. The molecule has 0 aliphatic carbocycles. The summed E-state index contributed by atoms with van der Waals surface area (Å²) in [5, 5.41) is 3.41. The molecule has 0 aromatic heterocycles. The second kappa shape index (κ2) is 8.89. The van der Waals surface area contributed by atoms with Crippen LogP contribution in [0.2, 0.25) is 0 Å². The number of ether oxygens (including phenoxy) is 4. The van der Waals surface area contributed by atoms with Crippen molar-refractivity contribution in [3.8, 4) is 17.2 Å². The number of benzene rings is 1. The molecule has 0 saturated carbocycles. The monoisotopic (exact) mass is 420 g/mol. The zero-order valence-electron chi connectivity index (χ0n) is 18.7. The fourth-order valence-corrected chi connectivity index (χ4v) is 3.63. The molecule has 2 heterocycles. The highest BCUT2D eigenvalue weighted by Gasteiger charge is 2.36. The van der Waals surface area contributed by atoms with Crippen LogP contribution in [0.1, 0.15) is 26.3 Å². The summed E-state index contributed by atoms with van der Waals surface area (Å²) >= 11 is 0. The molecular formula is C21H32N4O5. The number of fused-ring (bicyclic) bond motifs is 1. The second-order valence-corrected chi connectivity index (χ2v) is 8.31. The van der Waals surface area contributed by atoms with Crippen molar-refractivity contribution in [1.82, 2.24) is 15.1 Å². The first-order chi connectivity index (χ1) is 14.3. The van der Waals surface area contributed by atoms with E-state index in [1.807, 2.05) is 32.9 Å². The third-order valence-electron chi connectivity index (χ3n) is 5.08. The number of piperazine rings is 1. The number of carbonyl (C=O) groups is 1. The van der Waals surface area contributed by atoms with E-state index in [-0.39, 0.29) is 12.1 Å². The second-order valence-electron chi connectivity index (χ2n) is 8.31. The SMILES string of the molecule is COc1cc(OC)c(OC)cc1CNC1=NCC2CN(C(=O)OC(C)(C)C)CCN12. The van der Waals surface area contributed by atoms with Crippen molar-refractivity contribution in [3.05, 3.63) is 17.7 Å². The molecule has 3 rings (SSSR count). The molecule has 30 heavy (non-hydrogen) atoms. The molecule has 9 heteroatoms. The largest absolute Gasteiger partial charge is 0.496 e. The Labute approximate surface area is 177 Å². The maximum Gasteiger partial charge on any atom is 0.410 e. The number of aliphatic imine (C=N–C) groups is 1. The summed E-state index contributed by atoms with van der Waals surface area (Å²) in [6, 6.07) is 3.87. The van der Waals surface area contributed by atoms with Gasteiger partial charge in [0.05, 0.1) is 33.9 Å². The van der Waals surface area contributed by atoms with E-state index in [2.05, 4.69) is 15.2 Å². The summed E-state index contributed by atoms with van der Waals surface area (Å²) in [5.41, 5.74) is 0.444. The summed E-state index contributed by atoms with van der Waals surface area (Å²) in [4.78, 5) is 21.0. The predicted octanol–water partition coefficient (Wildman–Crippen LogP) is 2.09. The topological polar surface area (TPSA) is 84.9 Å². The standard InChI is InChI=1S/C21H32N4O5/c1-21(2,3)30-20(26)24-7-8-25-15(13-24)12-23-19(25)22-11-14-9-17(28-5)18(29-6)10-16(14)27-4/h9-10,15H,7-8,11-13H2,1-6H3,(H,22,23). The Balaban J connectivity index is 1.61. The van der Waals surface area contributed by atoms with Gasteiger partial charge in [0.15, 0.2) is 17.5 Å². The van der Waals surface area contributed by atoms with Crippen molar-refractivity contribution >= 4 is 12.1 Å². The number of carbonyl (C=O) groups excluding carboxylic acids is 1. The zero-order valence-corrected chi connectivity index (χ0v) is 18.7. The van der Waals surface area contributed by atoms with Gasteiger partial charge in [-0.3, -0.25) is 4.99 Å². The van der Waals surface area contributed by atoms with E-state index in [9.17, 15) is 4.79 Å². The lowest BCUT2D eigenvalue weighted by Crippen LogP contribution is -2.57. The normalized spacial score (nSPS) is 18.5. The molecule has 1 aromatic carbocycles. The van der Waals surface area contributed by atoms with E-state index in [0.29, 0.717) is 50.0 Å². The number of hydrogen-bond donors (Lipinski definition) is 1. The van der Waals surface area contributed by atoms with Gasteiger partial charge in [0.25, 0.3) is 0 Å². The van der Waals surface area contributed by atoms with Gasteiger partial charge in [-0.2, -0.15) is 0 Å². The molecule has 1 aromatic rings. The minimum absolute atomic E-state index is 0.154. The van der Waals surface area contributed by atoms with Crippen LogP contribution in [0.25, 0.3) is 0 Å². The molecule has 2 aliphatic heterocycles. The van der Waals surface area contributed by atoms with E-state index < -0.39 is 5.60 Å². The lowest BCUT2D eigenvalue weighted by Gasteiger charge is -2.39. The summed E-state index contributed by atoms with van der Waals surface area (Å²) in [6.07, 6.45) is -0.265. The average molecular weight is 421 g/mol. The fourth-order valence-electron chi connectivity index (χ4n) is 3.63. The van der Waals surface area contributed by atoms with Gasteiger partial charge in [-0.05, 0) is 26.8 Å². The smallest absolute Gasteiger partial charge is 0.410 e. The molecular weight excluding hydrogens is 388 g/mol. The highest BCUT2D eigenvalue weighted by atomic mass is 16.6. The van der Waals surface area contributed by atoms with Gasteiger partial charge in [0.2, 0.25) is 0 Å². The molecule has 0 bridgehead atoms. The first-order valence-corrected chi connectivity index (χ1v) is 10.1. The quantitative estimate of drug-likeness (QED) is 0.781. The predicted molar refractivity (Wildman–Crippen MR) is 114 cm³/mol. The van der Waals surface area contributed by atoms with Gasteiger partial charge in [-0.15, -0.1) is 0 Å². The molecule has 0 radical (unpaired) electrons. The van der Waals surface area contributed by atoms with E-state index >= 15 is 0 Å². The minimum Gasteiger partial charge on any atom is -0.496 e. The lowest BCUT2D eigenvalue weighted by molar-refractivity contribution is 0.0137. The Morgan fingerprint density at radius 1 is 1.10 bits per heavy atom. The van der Waals surface area contributed by atoms with Gasteiger partial charge in [0, 0.05) is 37.8 Å². The number of hydrogen-bond acceptors (Lipinski definition) is 8. The zero-order chi connectivity index (χ0) is 21.9. The number of guanidine groups is 1. The maximum atomic E-state index is 12.4. The van der Waals surface area contributed by atoms with Crippen LogP contribution in [0.5, 0.6) is 17.2 Å². The lowest BCUT2D eigenvalue weighted by atomic mass is 10.1. The summed E-state index contributed by atoms with van der Waals surface area (Å²) < 4.78 is 21.8. The van der Waals surface area contributed by atoms with Crippen molar-refractivity contribution in [2.75, 3.05) is 47.5 Å². The van der Waals surface area contributed by atoms with Gasteiger partial charge in [-0.25, -0.2) is 4.79 Å². The van der Waals surface area contributed by atoms with Crippen molar-refractivity contribution in [1.29, 1.82) is 0 Å². The molecule has 1 saturated heterocycles. The Bertz CT molecular complexity index is 805. The highest BCUT2D eigenvalue weighted by molar-refractivity contribution is 5.82. The fraction of sp³-hybridized carbons (Fsp3) is 0.619. The van der Waals surface area contributed by atoms with Crippen LogP contribution in [0.3, 0.4) is 0 Å². The molecule has 2 aliphatic rings. The summed E-state index contributed by atoms with van der Waals surface area (Å²) in [7, 11) is 4.83. The third kappa shape index (κ3) is 4.83. The van der Waals surface area contributed by atoms with E-state index in [1.165, 1.54) is 0 Å². The molecule has 1 fully saturated rings. The van der Waals surface area contributed by atoms with Crippen molar-refractivity contribution in [2.24, 2.45) is 4.99 Å². The summed E-state index contributed by atoms with van der Waals surface area (Å²) in [5.74, 6) is 2.81. The Hall–Kier alpha value is -2.84. The first kappa shape index (κ1) is 21.9. The Kier molecular flexibility index (Phi) is 6.48. The molecule has 9 nitrogen and oxygen atoms in total. The molecule has 1 atom stereocenters. The Morgan fingerprint density at radius 2 is 1.77 bits per heavy atom. The number of amides is 1. The molecule has 0 spiro atoms. The van der Waals surface area contributed by atoms with Crippen LogP contribution in [0.15, 0.2) is 17.1 Å². The van der Waals surface area contributed by atoms with Gasteiger partial charge < -0.3 is 34.1 Å². The number of rotatable bonds is 5. The number of nitrogens with zero attached hydrogens (tertiary/aromatic N) is 3. The van der Waals surface area contributed by atoms with Crippen molar-refractivity contribution in [2.45, 2.75) is 39.0 Å². The van der Waals surface area contributed by atoms with E-state index in [0.717, 1.165) is 11.5 Å². The first-order valence-electron chi connectivity index (χ1n) is 10.1. The van der Waals surface area contributed by atoms with Crippen LogP contribution in [0, 0.1) is 0 Å². The highest BCUT2D eigenvalue weighted by Crippen LogP contribution is 2.34. The molecule has 1 N–H and O–H groups in total. The van der Waals surface area contributed by atoms with Crippen molar-refractivity contribution < 1.29 is 23.7 Å². The summed E-state index contributed by atoms with van der Waals surface area (Å²) in [6.45, 7) is 8.72. The third-order valence-corrected chi connectivity index (χ3v) is 5.08. The van der Waals surface area contributed by atoms with Gasteiger partial charge in [0.1, 0.15) is 11.4 Å². The number of nitrogens with one attached hydrogen (secondary N) is 1. The van der Waals surface area contributed by atoms with Crippen LogP contribution < -0.4 is 19.5 Å². The van der Waals surface area contributed by atoms with Crippen LogP contribution >= 0.6 is 0 Å². The Morgan fingerprint density at radius 3 is 2.40 bits per heavy atom. The van der Waals surface area contributed by atoms with Gasteiger partial charge >= 0.3 is 6.09 Å². The minimum atomic E-state index is -0.494. The average Bonchev–Trinajstić information content (AvgIpc) is 3.12. The van der Waals surface area contributed by atoms with E-state index in [1.54, 1.807) is 26.2 Å². The van der Waals surface area contributed by atoms with Gasteiger partial charge in [-0.1, -0.05) is 0 Å². The van der Waals surface area contributed by atoms with E-state index in [4.69, 9.17) is 18.9 Å². The molecule has 1 unspecified atom stereocenters. The molecule has 166 valence electrons. The van der Waals surface area contributed by atoms with Crippen LogP contribution in [0.4, 0.5) is 4.79 Å². The maximum absolute atomic E-state index is 12.4. The van der Waals surface area contributed by atoms with Crippen LogP contribution in [-0.4, -0.2) is 81.0 Å². The van der Waals surface area contributed by atoms with Crippen molar-refractivity contribution in [3.63, 3.8) is 0 Å². The van der Waals surface area contributed by atoms with Crippen LogP contribution in [-0.2, 0) is 11.3 Å².